The number of aryl methyl sites for hydroxylation is 2. The summed E-state index contributed by atoms with van der Waals surface area (Å²) in [6.45, 7) is 9.84. The van der Waals surface area contributed by atoms with Crippen molar-refractivity contribution >= 4 is 18.3 Å². The van der Waals surface area contributed by atoms with Gasteiger partial charge in [0.1, 0.15) is 0 Å². The van der Waals surface area contributed by atoms with Crippen molar-refractivity contribution in [3.05, 3.63) is 34.9 Å². The van der Waals surface area contributed by atoms with Gasteiger partial charge in [0.05, 0.1) is 0 Å². The van der Waals surface area contributed by atoms with Crippen LogP contribution in [0.4, 0.5) is 0 Å². The van der Waals surface area contributed by atoms with Crippen LogP contribution in [-0.4, -0.2) is 50.1 Å². The van der Waals surface area contributed by atoms with Gasteiger partial charge in [-0.25, -0.2) is 0 Å². The maximum Gasteiger partial charge on any atom is 0.251 e. The van der Waals surface area contributed by atoms with E-state index in [0.29, 0.717) is 6.54 Å². The van der Waals surface area contributed by atoms with Crippen molar-refractivity contribution in [2.45, 2.75) is 13.8 Å². The standard InChI is InChI=1S/C15H23N3O.ClH/c1-12-4-3-5-13(2)14(12)15(19)17-8-11-18-9-6-16-7-10-18;/h3-5,16H,6-11H2,1-2H3,(H,17,19);1H. The molecule has 1 amide bonds. The van der Waals surface area contributed by atoms with E-state index in [9.17, 15) is 4.79 Å². The summed E-state index contributed by atoms with van der Waals surface area (Å²) in [6, 6.07) is 5.96. The molecule has 2 rings (SSSR count). The Bertz CT molecular complexity index is 424. The van der Waals surface area contributed by atoms with Gasteiger partial charge >= 0.3 is 0 Å². The lowest BCUT2D eigenvalue weighted by atomic mass is 10.0. The third kappa shape index (κ3) is 4.47. The first-order valence-electron chi connectivity index (χ1n) is 6.96. The molecule has 2 N–H and O–H groups in total. The maximum absolute atomic E-state index is 12.2. The molecule has 1 fully saturated rings. The van der Waals surface area contributed by atoms with Gasteiger partial charge in [-0.3, -0.25) is 9.69 Å². The zero-order valence-corrected chi connectivity index (χ0v) is 13.1. The topological polar surface area (TPSA) is 44.4 Å². The van der Waals surface area contributed by atoms with E-state index < -0.39 is 0 Å². The number of halogens is 1. The zero-order chi connectivity index (χ0) is 13.7. The first kappa shape index (κ1) is 17.0. The van der Waals surface area contributed by atoms with Crippen LogP contribution in [0.5, 0.6) is 0 Å². The Labute approximate surface area is 127 Å². The largest absolute Gasteiger partial charge is 0.351 e. The van der Waals surface area contributed by atoms with E-state index >= 15 is 0 Å². The van der Waals surface area contributed by atoms with E-state index in [1.165, 1.54) is 0 Å². The second-order valence-electron chi connectivity index (χ2n) is 5.11. The summed E-state index contributed by atoms with van der Waals surface area (Å²) in [5.41, 5.74) is 2.90. The van der Waals surface area contributed by atoms with Crippen molar-refractivity contribution in [1.82, 2.24) is 15.5 Å². The lowest BCUT2D eigenvalue weighted by Crippen LogP contribution is -2.46. The van der Waals surface area contributed by atoms with Crippen molar-refractivity contribution in [3.63, 3.8) is 0 Å². The van der Waals surface area contributed by atoms with Crippen LogP contribution in [0.15, 0.2) is 18.2 Å². The zero-order valence-electron chi connectivity index (χ0n) is 12.2. The highest BCUT2D eigenvalue weighted by Gasteiger charge is 2.13. The molecule has 0 aromatic heterocycles. The van der Waals surface area contributed by atoms with Crippen molar-refractivity contribution in [3.8, 4) is 0 Å². The van der Waals surface area contributed by atoms with E-state index in [-0.39, 0.29) is 18.3 Å². The average molecular weight is 298 g/mol. The predicted molar refractivity (Wildman–Crippen MR) is 84.8 cm³/mol. The molecule has 20 heavy (non-hydrogen) atoms. The summed E-state index contributed by atoms with van der Waals surface area (Å²) in [5.74, 6) is 0.0470. The van der Waals surface area contributed by atoms with Crippen LogP contribution in [0.25, 0.3) is 0 Å². The Kier molecular flexibility index (Phi) is 6.99. The van der Waals surface area contributed by atoms with Gasteiger partial charge in [0.15, 0.2) is 0 Å². The fourth-order valence-corrected chi connectivity index (χ4v) is 2.52. The normalized spacial score (nSPS) is 15.5. The number of benzene rings is 1. The van der Waals surface area contributed by atoms with E-state index in [0.717, 1.165) is 49.4 Å². The second-order valence-corrected chi connectivity index (χ2v) is 5.11. The number of nitrogens with one attached hydrogen (secondary N) is 2. The Morgan fingerprint density at radius 2 is 1.85 bits per heavy atom. The lowest BCUT2D eigenvalue weighted by Gasteiger charge is -2.27. The van der Waals surface area contributed by atoms with Gasteiger partial charge in [0.2, 0.25) is 0 Å². The van der Waals surface area contributed by atoms with Crippen LogP contribution in [0.3, 0.4) is 0 Å². The summed E-state index contributed by atoms with van der Waals surface area (Å²) < 4.78 is 0. The molecule has 4 nitrogen and oxygen atoms in total. The summed E-state index contributed by atoms with van der Waals surface area (Å²) in [7, 11) is 0. The fraction of sp³-hybridized carbons (Fsp3) is 0.533. The van der Waals surface area contributed by atoms with Crippen molar-refractivity contribution < 1.29 is 4.79 Å². The summed E-state index contributed by atoms with van der Waals surface area (Å²) in [6.07, 6.45) is 0. The molecule has 0 unspecified atom stereocenters. The van der Waals surface area contributed by atoms with Gasteiger partial charge < -0.3 is 10.6 Å². The number of amides is 1. The monoisotopic (exact) mass is 297 g/mol. The Hall–Kier alpha value is -1.10. The number of piperazine rings is 1. The van der Waals surface area contributed by atoms with Crippen LogP contribution in [0.1, 0.15) is 21.5 Å². The highest BCUT2D eigenvalue weighted by molar-refractivity contribution is 5.97. The molecular weight excluding hydrogens is 274 g/mol. The van der Waals surface area contributed by atoms with Gasteiger partial charge in [-0.2, -0.15) is 0 Å². The third-order valence-electron chi connectivity index (χ3n) is 3.63. The number of hydrogen-bond donors (Lipinski definition) is 2. The molecule has 0 aliphatic carbocycles. The van der Waals surface area contributed by atoms with E-state index in [2.05, 4.69) is 15.5 Å². The van der Waals surface area contributed by atoms with Crippen LogP contribution < -0.4 is 10.6 Å². The lowest BCUT2D eigenvalue weighted by molar-refractivity contribution is 0.0946. The third-order valence-corrected chi connectivity index (χ3v) is 3.63. The molecule has 112 valence electrons. The molecule has 0 atom stereocenters. The molecule has 1 aliphatic heterocycles. The molecule has 1 heterocycles. The number of carbonyl (C=O) groups is 1. The van der Waals surface area contributed by atoms with Crippen molar-refractivity contribution in [2.75, 3.05) is 39.3 Å². The minimum absolute atomic E-state index is 0. The van der Waals surface area contributed by atoms with Crippen LogP contribution in [-0.2, 0) is 0 Å². The molecule has 0 saturated carbocycles. The van der Waals surface area contributed by atoms with Gasteiger partial charge in [-0.1, -0.05) is 18.2 Å². The Morgan fingerprint density at radius 3 is 2.45 bits per heavy atom. The van der Waals surface area contributed by atoms with Crippen LogP contribution in [0, 0.1) is 13.8 Å². The van der Waals surface area contributed by atoms with Gasteiger partial charge in [-0.15, -0.1) is 12.4 Å². The maximum atomic E-state index is 12.2. The molecule has 0 bridgehead atoms. The predicted octanol–water partition coefficient (Wildman–Crippen LogP) is 1.36. The quantitative estimate of drug-likeness (QED) is 0.882. The molecule has 1 saturated heterocycles. The molecule has 5 heteroatoms. The fourth-order valence-electron chi connectivity index (χ4n) is 2.52. The number of rotatable bonds is 4. The molecule has 1 aliphatic rings. The highest BCUT2D eigenvalue weighted by atomic mass is 35.5. The van der Waals surface area contributed by atoms with E-state index in [1.807, 2.05) is 32.0 Å². The molecule has 0 radical (unpaired) electrons. The van der Waals surface area contributed by atoms with Gasteiger partial charge in [0.25, 0.3) is 5.91 Å². The first-order valence-corrected chi connectivity index (χ1v) is 6.96. The minimum Gasteiger partial charge on any atom is -0.351 e. The molecule has 0 spiro atoms. The van der Waals surface area contributed by atoms with Crippen LogP contribution >= 0.6 is 12.4 Å². The molecule has 1 aromatic rings. The number of nitrogens with zero attached hydrogens (tertiary/aromatic N) is 1. The van der Waals surface area contributed by atoms with Crippen molar-refractivity contribution in [1.29, 1.82) is 0 Å². The second kappa shape index (κ2) is 8.25. The number of hydrogen-bond acceptors (Lipinski definition) is 3. The average Bonchev–Trinajstić information content (AvgIpc) is 2.40. The van der Waals surface area contributed by atoms with E-state index in [4.69, 9.17) is 0 Å². The molecular formula is C15H24ClN3O. The summed E-state index contributed by atoms with van der Waals surface area (Å²) >= 11 is 0. The Morgan fingerprint density at radius 1 is 1.25 bits per heavy atom. The van der Waals surface area contributed by atoms with Crippen LogP contribution in [0.2, 0.25) is 0 Å². The molecule has 1 aromatic carbocycles. The van der Waals surface area contributed by atoms with Crippen molar-refractivity contribution in [2.24, 2.45) is 0 Å². The SMILES string of the molecule is Cc1cccc(C)c1C(=O)NCCN1CCNCC1.Cl. The Balaban J connectivity index is 0.00000200. The van der Waals surface area contributed by atoms with Gasteiger partial charge in [-0.05, 0) is 25.0 Å². The highest BCUT2D eigenvalue weighted by Crippen LogP contribution is 2.12. The smallest absolute Gasteiger partial charge is 0.251 e. The van der Waals surface area contributed by atoms with E-state index in [1.54, 1.807) is 0 Å². The first-order chi connectivity index (χ1) is 9.18. The number of carbonyl (C=O) groups excluding carboxylic acids is 1. The summed E-state index contributed by atoms with van der Waals surface area (Å²) in [5, 5.41) is 6.35. The van der Waals surface area contributed by atoms with Gasteiger partial charge in [0, 0.05) is 44.8 Å². The summed E-state index contributed by atoms with van der Waals surface area (Å²) in [4.78, 5) is 14.6. The minimum atomic E-state index is 0.